The van der Waals surface area contributed by atoms with Crippen LogP contribution in [0.25, 0.3) is 0 Å². The average Bonchev–Trinajstić information content (AvgIpc) is 3.09. The van der Waals surface area contributed by atoms with E-state index in [1.807, 2.05) is 0 Å². The molecule has 2 heterocycles. The van der Waals surface area contributed by atoms with Crippen molar-refractivity contribution in [1.82, 2.24) is 9.97 Å². The molecule has 1 unspecified atom stereocenters. The van der Waals surface area contributed by atoms with Gasteiger partial charge >= 0.3 is 0 Å². The fourth-order valence-corrected chi connectivity index (χ4v) is 2.47. The normalized spacial score (nSPS) is 23.3. The molecule has 98 valence electrons. The molecule has 2 fully saturated rings. The van der Waals surface area contributed by atoms with Crippen LogP contribution in [-0.4, -0.2) is 29.7 Å². The van der Waals surface area contributed by atoms with E-state index in [9.17, 15) is 0 Å². The molecular formula is C14H21N3O. The summed E-state index contributed by atoms with van der Waals surface area (Å²) in [5.74, 6) is 3.27. The monoisotopic (exact) mass is 247 g/mol. The minimum Gasteiger partial charge on any atom is -0.381 e. The van der Waals surface area contributed by atoms with Crippen LogP contribution in [0.15, 0.2) is 6.07 Å². The van der Waals surface area contributed by atoms with Crippen LogP contribution in [0, 0.1) is 5.92 Å². The van der Waals surface area contributed by atoms with Crippen molar-refractivity contribution in [2.24, 2.45) is 5.92 Å². The highest BCUT2D eigenvalue weighted by Gasteiger charge is 2.26. The lowest BCUT2D eigenvalue weighted by Crippen LogP contribution is -2.11. The van der Waals surface area contributed by atoms with Gasteiger partial charge in [-0.25, -0.2) is 9.97 Å². The number of rotatable bonds is 5. The van der Waals surface area contributed by atoms with Crippen molar-refractivity contribution in [3.8, 4) is 0 Å². The lowest BCUT2D eigenvalue weighted by Gasteiger charge is -2.10. The van der Waals surface area contributed by atoms with Gasteiger partial charge in [-0.2, -0.15) is 0 Å². The van der Waals surface area contributed by atoms with Crippen LogP contribution in [0.4, 0.5) is 5.82 Å². The van der Waals surface area contributed by atoms with E-state index in [2.05, 4.69) is 23.3 Å². The van der Waals surface area contributed by atoms with Crippen molar-refractivity contribution in [2.45, 2.75) is 38.5 Å². The minimum absolute atomic E-state index is 0.605. The van der Waals surface area contributed by atoms with Crippen molar-refractivity contribution >= 4 is 5.82 Å². The fraction of sp³-hybridized carbons (Fsp3) is 0.714. The fourth-order valence-electron chi connectivity index (χ4n) is 2.47. The molecule has 1 aliphatic carbocycles. The summed E-state index contributed by atoms with van der Waals surface area (Å²) in [5.41, 5.74) is 1.23. The van der Waals surface area contributed by atoms with Crippen molar-refractivity contribution in [1.29, 1.82) is 0 Å². The smallest absolute Gasteiger partial charge is 0.131 e. The van der Waals surface area contributed by atoms with Gasteiger partial charge < -0.3 is 10.1 Å². The Morgan fingerprint density at radius 1 is 1.33 bits per heavy atom. The number of aromatic nitrogens is 2. The Morgan fingerprint density at radius 2 is 2.22 bits per heavy atom. The molecule has 1 saturated heterocycles. The van der Waals surface area contributed by atoms with Crippen molar-refractivity contribution in [3.05, 3.63) is 17.6 Å². The van der Waals surface area contributed by atoms with E-state index in [0.717, 1.165) is 44.2 Å². The third-order valence-electron chi connectivity index (χ3n) is 3.64. The highest BCUT2D eigenvalue weighted by atomic mass is 16.5. The van der Waals surface area contributed by atoms with E-state index in [1.54, 1.807) is 0 Å². The second-order valence-corrected chi connectivity index (χ2v) is 5.33. The van der Waals surface area contributed by atoms with Crippen LogP contribution in [0.5, 0.6) is 0 Å². The summed E-state index contributed by atoms with van der Waals surface area (Å²) in [6, 6.07) is 2.12. The molecule has 1 atom stereocenters. The number of anilines is 1. The van der Waals surface area contributed by atoms with Gasteiger partial charge in [0.25, 0.3) is 0 Å². The van der Waals surface area contributed by atoms with Crippen LogP contribution < -0.4 is 5.32 Å². The lowest BCUT2D eigenvalue weighted by atomic mass is 10.0. The molecule has 3 rings (SSSR count). The number of hydrogen-bond acceptors (Lipinski definition) is 4. The summed E-state index contributed by atoms with van der Waals surface area (Å²) in [5, 5.41) is 3.31. The minimum atomic E-state index is 0.605. The molecule has 0 spiro atoms. The molecule has 1 aliphatic heterocycles. The maximum Gasteiger partial charge on any atom is 0.131 e. The Labute approximate surface area is 108 Å². The Bertz CT molecular complexity index is 412. The van der Waals surface area contributed by atoms with Crippen LogP contribution in [0.3, 0.4) is 0 Å². The lowest BCUT2D eigenvalue weighted by molar-refractivity contribution is 0.185. The van der Waals surface area contributed by atoms with Gasteiger partial charge in [0.2, 0.25) is 0 Å². The standard InChI is InChI=1S/C14H21N3O/c1-2-15-13-8-12(11-3-4-11)16-14(17-13)7-10-5-6-18-9-10/h8,10-11H,2-7,9H2,1H3,(H,15,16,17). The van der Waals surface area contributed by atoms with Gasteiger partial charge in [-0.15, -0.1) is 0 Å². The summed E-state index contributed by atoms with van der Waals surface area (Å²) in [6.45, 7) is 4.77. The molecule has 4 nitrogen and oxygen atoms in total. The maximum atomic E-state index is 5.43. The molecule has 1 saturated carbocycles. The highest BCUT2D eigenvalue weighted by molar-refractivity contribution is 5.38. The van der Waals surface area contributed by atoms with Gasteiger partial charge in [0.1, 0.15) is 11.6 Å². The molecule has 1 aromatic rings. The predicted molar refractivity (Wildman–Crippen MR) is 70.8 cm³/mol. The topological polar surface area (TPSA) is 47.0 Å². The third-order valence-corrected chi connectivity index (χ3v) is 3.64. The number of hydrogen-bond donors (Lipinski definition) is 1. The maximum absolute atomic E-state index is 5.43. The summed E-state index contributed by atoms with van der Waals surface area (Å²) >= 11 is 0. The molecular weight excluding hydrogens is 226 g/mol. The number of ether oxygens (including phenoxy) is 1. The molecule has 0 radical (unpaired) electrons. The first-order valence-electron chi connectivity index (χ1n) is 7.04. The largest absolute Gasteiger partial charge is 0.381 e. The van der Waals surface area contributed by atoms with E-state index in [4.69, 9.17) is 9.72 Å². The van der Waals surface area contributed by atoms with Crippen molar-refractivity contribution < 1.29 is 4.74 Å². The van der Waals surface area contributed by atoms with E-state index in [0.29, 0.717) is 11.8 Å². The van der Waals surface area contributed by atoms with Crippen LogP contribution >= 0.6 is 0 Å². The number of nitrogens with one attached hydrogen (secondary N) is 1. The van der Waals surface area contributed by atoms with Crippen molar-refractivity contribution in [2.75, 3.05) is 25.1 Å². The Morgan fingerprint density at radius 3 is 2.89 bits per heavy atom. The van der Waals surface area contributed by atoms with E-state index in [1.165, 1.54) is 18.5 Å². The molecule has 1 N–H and O–H groups in total. The van der Waals surface area contributed by atoms with E-state index in [-0.39, 0.29) is 0 Å². The quantitative estimate of drug-likeness (QED) is 0.867. The van der Waals surface area contributed by atoms with Gasteiger partial charge in [-0.1, -0.05) is 0 Å². The molecule has 0 aromatic carbocycles. The zero-order chi connectivity index (χ0) is 12.4. The highest BCUT2D eigenvalue weighted by Crippen LogP contribution is 2.39. The van der Waals surface area contributed by atoms with Gasteiger partial charge in [0.15, 0.2) is 0 Å². The first-order valence-corrected chi connectivity index (χ1v) is 7.04. The second kappa shape index (κ2) is 5.22. The van der Waals surface area contributed by atoms with E-state index < -0.39 is 0 Å². The van der Waals surface area contributed by atoms with Crippen LogP contribution in [-0.2, 0) is 11.2 Å². The Balaban J connectivity index is 1.77. The molecule has 2 aliphatic rings. The zero-order valence-electron chi connectivity index (χ0n) is 11.0. The average molecular weight is 247 g/mol. The van der Waals surface area contributed by atoms with Crippen LogP contribution in [0.2, 0.25) is 0 Å². The van der Waals surface area contributed by atoms with Gasteiger partial charge in [0.05, 0.1) is 0 Å². The van der Waals surface area contributed by atoms with Gasteiger partial charge in [-0.05, 0) is 32.1 Å². The molecule has 1 aromatic heterocycles. The summed E-state index contributed by atoms with van der Waals surface area (Å²) in [7, 11) is 0. The Kier molecular flexibility index (Phi) is 3.46. The second-order valence-electron chi connectivity index (χ2n) is 5.33. The zero-order valence-corrected chi connectivity index (χ0v) is 11.0. The van der Waals surface area contributed by atoms with Crippen molar-refractivity contribution in [3.63, 3.8) is 0 Å². The van der Waals surface area contributed by atoms with E-state index >= 15 is 0 Å². The first-order chi connectivity index (χ1) is 8.85. The third kappa shape index (κ3) is 2.80. The summed E-state index contributed by atoms with van der Waals surface area (Å²) in [4.78, 5) is 9.35. The molecule has 0 bridgehead atoms. The molecule has 0 amide bonds. The first kappa shape index (κ1) is 11.9. The van der Waals surface area contributed by atoms with Crippen LogP contribution in [0.1, 0.15) is 43.6 Å². The van der Waals surface area contributed by atoms with Gasteiger partial charge in [-0.3, -0.25) is 0 Å². The summed E-state index contributed by atoms with van der Waals surface area (Å²) < 4.78 is 5.43. The summed E-state index contributed by atoms with van der Waals surface area (Å²) in [6.07, 6.45) is 4.68. The molecule has 18 heavy (non-hydrogen) atoms. The number of nitrogens with zero attached hydrogens (tertiary/aromatic N) is 2. The SMILES string of the molecule is CCNc1cc(C2CC2)nc(CC2CCOC2)n1. The Hall–Kier alpha value is -1.16. The predicted octanol–water partition coefficient (Wildman–Crippen LogP) is 2.36. The molecule has 4 heteroatoms. The van der Waals surface area contributed by atoms with Gasteiger partial charge in [0, 0.05) is 43.9 Å².